The second kappa shape index (κ2) is 6.74. The topological polar surface area (TPSA) is 30.5 Å². The number of rotatable bonds is 6. The van der Waals surface area contributed by atoms with Gasteiger partial charge in [-0.25, -0.2) is 0 Å². The molecule has 1 unspecified atom stereocenters. The summed E-state index contributed by atoms with van der Waals surface area (Å²) in [5, 5.41) is 3.80. The summed E-state index contributed by atoms with van der Waals surface area (Å²) in [5.41, 5.74) is 1.03. The van der Waals surface area contributed by atoms with Crippen LogP contribution in [0.25, 0.3) is 0 Å². The van der Waals surface area contributed by atoms with E-state index in [0.717, 1.165) is 22.9 Å². The molecule has 1 N–H and O–H groups in total. The lowest BCUT2D eigenvalue weighted by atomic mass is 10.2. The normalized spacial score (nSPS) is 12.5. The molecule has 90 valence electrons. The van der Waals surface area contributed by atoms with Gasteiger partial charge in [0.2, 0.25) is 0 Å². The van der Waals surface area contributed by atoms with E-state index in [0.29, 0.717) is 6.61 Å². The summed E-state index contributed by atoms with van der Waals surface area (Å²) in [7, 11) is 3.56. The number of methoxy groups -OCH3 is 1. The van der Waals surface area contributed by atoms with Gasteiger partial charge in [0.1, 0.15) is 11.9 Å². The maximum Gasteiger partial charge on any atom is 0.134 e. The van der Waals surface area contributed by atoms with E-state index in [9.17, 15) is 0 Å². The van der Waals surface area contributed by atoms with Crippen molar-refractivity contribution in [2.75, 3.05) is 27.3 Å². The average Bonchev–Trinajstić information content (AvgIpc) is 2.23. The van der Waals surface area contributed by atoms with E-state index in [1.165, 1.54) is 0 Å². The second-order valence-electron chi connectivity index (χ2n) is 3.66. The lowest BCUT2D eigenvalue weighted by molar-refractivity contribution is 0.0814. The fourth-order valence-corrected chi connectivity index (χ4v) is 1.70. The number of likely N-dealkylation sites (N-methyl/N-ethyl adjacent to an activating group) is 1. The first-order chi connectivity index (χ1) is 7.67. The van der Waals surface area contributed by atoms with Crippen molar-refractivity contribution < 1.29 is 9.47 Å². The van der Waals surface area contributed by atoms with E-state index < -0.39 is 0 Å². The van der Waals surface area contributed by atoms with Crippen molar-refractivity contribution >= 4 is 11.6 Å². The third-order valence-electron chi connectivity index (χ3n) is 2.21. The van der Waals surface area contributed by atoms with Gasteiger partial charge >= 0.3 is 0 Å². The number of halogens is 1. The van der Waals surface area contributed by atoms with Crippen molar-refractivity contribution in [2.24, 2.45) is 0 Å². The number of hydrogen-bond donors (Lipinski definition) is 1. The predicted molar refractivity (Wildman–Crippen MR) is 66.4 cm³/mol. The molecule has 0 aliphatic rings. The Morgan fingerprint density at radius 2 is 2.19 bits per heavy atom. The summed E-state index contributed by atoms with van der Waals surface area (Å²) in [4.78, 5) is 0. The molecular formula is C12H18ClNO2. The van der Waals surface area contributed by atoms with Crippen molar-refractivity contribution in [1.82, 2.24) is 5.32 Å². The molecule has 0 spiro atoms. The molecule has 0 aliphatic carbocycles. The zero-order chi connectivity index (χ0) is 12.0. The van der Waals surface area contributed by atoms with Crippen LogP contribution in [0.2, 0.25) is 5.02 Å². The van der Waals surface area contributed by atoms with Crippen molar-refractivity contribution in [2.45, 2.75) is 13.0 Å². The highest BCUT2D eigenvalue weighted by Gasteiger charge is 2.10. The monoisotopic (exact) mass is 243 g/mol. The number of hydrogen-bond acceptors (Lipinski definition) is 3. The Labute approximate surface area is 102 Å². The highest BCUT2D eigenvalue weighted by Crippen LogP contribution is 2.22. The molecule has 0 radical (unpaired) electrons. The Balaban J connectivity index is 2.68. The van der Waals surface area contributed by atoms with Gasteiger partial charge in [-0.3, -0.25) is 0 Å². The van der Waals surface area contributed by atoms with Crippen molar-refractivity contribution in [1.29, 1.82) is 0 Å². The van der Waals surface area contributed by atoms with Gasteiger partial charge in [0.15, 0.2) is 0 Å². The van der Waals surface area contributed by atoms with E-state index >= 15 is 0 Å². The Hall–Kier alpha value is -0.770. The minimum Gasteiger partial charge on any atom is -0.486 e. The summed E-state index contributed by atoms with van der Waals surface area (Å²) in [6, 6.07) is 5.60. The molecule has 1 aromatic rings. The van der Waals surface area contributed by atoms with Gasteiger partial charge in [-0.2, -0.15) is 0 Å². The van der Waals surface area contributed by atoms with Gasteiger partial charge in [0.25, 0.3) is 0 Å². The van der Waals surface area contributed by atoms with E-state index in [2.05, 4.69) is 5.32 Å². The highest BCUT2D eigenvalue weighted by molar-refractivity contribution is 6.30. The van der Waals surface area contributed by atoms with Crippen LogP contribution >= 0.6 is 11.6 Å². The lowest BCUT2D eigenvalue weighted by Gasteiger charge is -2.19. The first-order valence-electron chi connectivity index (χ1n) is 5.23. The first-order valence-corrected chi connectivity index (χ1v) is 5.61. The third kappa shape index (κ3) is 4.00. The van der Waals surface area contributed by atoms with Gasteiger partial charge in [-0.15, -0.1) is 0 Å². The van der Waals surface area contributed by atoms with Crippen LogP contribution in [-0.2, 0) is 4.74 Å². The molecule has 0 saturated heterocycles. The standard InChI is InChI=1S/C12H18ClNO2/c1-9-6-10(13)4-5-12(9)16-11(7-14-2)8-15-3/h4-6,11,14H,7-8H2,1-3H3. The summed E-state index contributed by atoms with van der Waals surface area (Å²) in [6.45, 7) is 3.28. The molecule has 0 fully saturated rings. The number of aryl methyl sites for hydroxylation is 1. The number of ether oxygens (including phenoxy) is 2. The smallest absolute Gasteiger partial charge is 0.134 e. The molecule has 3 nitrogen and oxygen atoms in total. The van der Waals surface area contributed by atoms with Crippen LogP contribution in [0.4, 0.5) is 0 Å². The number of benzene rings is 1. The zero-order valence-electron chi connectivity index (χ0n) is 9.92. The summed E-state index contributed by atoms with van der Waals surface area (Å²) in [5.74, 6) is 0.849. The fraction of sp³-hybridized carbons (Fsp3) is 0.500. The molecule has 1 atom stereocenters. The third-order valence-corrected chi connectivity index (χ3v) is 2.45. The van der Waals surface area contributed by atoms with Crippen LogP contribution in [0.5, 0.6) is 5.75 Å². The highest BCUT2D eigenvalue weighted by atomic mass is 35.5. The minimum atomic E-state index is 0.00914. The molecule has 0 bridgehead atoms. The van der Waals surface area contributed by atoms with Crippen LogP contribution in [0.3, 0.4) is 0 Å². The second-order valence-corrected chi connectivity index (χ2v) is 4.10. The largest absolute Gasteiger partial charge is 0.486 e. The van der Waals surface area contributed by atoms with Gasteiger partial charge < -0.3 is 14.8 Å². The van der Waals surface area contributed by atoms with Gasteiger partial charge in [-0.1, -0.05) is 11.6 Å². The molecule has 1 aromatic carbocycles. The molecule has 16 heavy (non-hydrogen) atoms. The zero-order valence-corrected chi connectivity index (χ0v) is 10.7. The Kier molecular flexibility index (Phi) is 5.60. The summed E-state index contributed by atoms with van der Waals surface area (Å²) in [6.07, 6.45) is 0.00914. The van der Waals surface area contributed by atoms with E-state index in [4.69, 9.17) is 21.1 Å². The van der Waals surface area contributed by atoms with Crippen LogP contribution in [0.15, 0.2) is 18.2 Å². The van der Waals surface area contributed by atoms with Gasteiger partial charge in [-0.05, 0) is 37.7 Å². The molecule has 0 aliphatic heterocycles. The Morgan fingerprint density at radius 3 is 2.75 bits per heavy atom. The van der Waals surface area contributed by atoms with Crippen LogP contribution < -0.4 is 10.1 Å². The van der Waals surface area contributed by atoms with E-state index in [-0.39, 0.29) is 6.10 Å². The maximum atomic E-state index is 5.88. The van der Waals surface area contributed by atoms with Crippen LogP contribution in [0.1, 0.15) is 5.56 Å². The molecule has 0 saturated carbocycles. The van der Waals surface area contributed by atoms with Crippen LogP contribution in [-0.4, -0.2) is 33.4 Å². The van der Waals surface area contributed by atoms with Crippen molar-refractivity contribution in [3.05, 3.63) is 28.8 Å². The van der Waals surface area contributed by atoms with E-state index in [1.807, 2.05) is 32.2 Å². The average molecular weight is 244 g/mol. The Bertz CT molecular complexity index is 325. The Morgan fingerprint density at radius 1 is 1.44 bits per heavy atom. The molecule has 0 heterocycles. The molecule has 0 aromatic heterocycles. The quantitative estimate of drug-likeness (QED) is 0.832. The van der Waals surface area contributed by atoms with Crippen molar-refractivity contribution in [3.63, 3.8) is 0 Å². The predicted octanol–water partition coefficient (Wildman–Crippen LogP) is 2.26. The van der Waals surface area contributed by atoms with Crippen LogP contribution in [0, 0.1) is 6.92 Å². The first kappa shape index (κ1) is 13.3. The van der Waals surface area contributed by atoms with E-state index in [1.54, 1.807) is 7.11 Å². The van der Waals surface area contributed by atoms with Gasteiger partial charge in [0.05, 0.1) is 6.61 Å². The van der Waals surface area contributed by atoms with Crippen molar-refractivity contribution in [3.8, 4) is 5.75 Å². The molecule has 0 amide bonds. The summed E-state index contributed by atoms with van der Waals surface area (Å²) < 4.78 is 10.9. The number of nitrogens with one attached hydrogen (secondary N) is 1. The SMILES string of the molecule is CNCC(COC)Oc1ccc(Cl)cc1C. The molecule has 1 rings (SSSR count). The maximum absolute atomic E-state index is 5.88. The minimum absolute atomic E-state index is 0.00914. The lowest BCUT2D eigenvalue weighted by Crippen LogP contribution is -2.33. The van der Waals surface area contributed by atoms with Gasteiger partial charge in [0, 0.05) is 18.7 Å². The molecular weight excluding hydrogens is 226 g/mol. The fourth-order valence-electron chi connectivity index (χ4n) is 1.47. The molecule has 4 heteroatoms. The summed E-state index contributed by atoms with van der Waals surface area (Å²) >= 11 is 5.88.